The first kappa shape index (κ1) is 11.7. The predicted molar refractivity (Wildman–Crippen MR) is 58.4 cm³/mol. The lowest BCUT2D eigenvalue weighted by Gasteiger charge is -1.98. The van der Waals surface area contributed by atoms with E-state index >= 15 is 0 Å². The van der Waals surface area contributed by atoms with Crippen molar-refractivity contribution >= 4 is 25.8 Å². The molecule has 0 radical (unpaired) electrons. The van der Waals surface area contributed by atoms with Gasteiger partial charge in [0, 0.05) is 24.3 Å². The van der Waals surface area contributed by atoms with Crippen molar-refractivity contribution in [1.29, 1.82) is 0 Å². The van der Waals surface area contributed by atoms with Gasteiger partial charge >= 0.3 is 0 Å². The fraction of sp³-hybridized carbons (Fsp3) is 0.625. The van der Waals surface area contributed by atoms with Crippen LogP contribution < -0.4 is 0 Å². The average Bonchev–Trinajstić information content (AvgIpc) is 2.52. The topological polar surface area (TPSA) is 52.0 Å². The van der Waals surface area contributed by atoms with Crippen LogP contribution in [-0.4, -0.2) is 29.8 Å². The average molecular weight is 281 g/mol. The minimum atomic E-state index is -3.11. The molecule has 14 heavy (non-hydrogen) atoms. The normalized spacial score (nSPS) is 11.9. The second-order valence-corrected chi connectivity index (χ2v) is 5.92. The molecule has 0 spiro atoms. The van der Waals surface area contributed by atoms with Gasteiger partial charge in [-0.2, -0.15) is 5.10 Å². The third kappa shape index (κ3) is 3.42. The zero-order chi connectivity index (χ0) is 10.6. The van der Waals surface area contributed by atoms with Gasteiger partial charge in [-0.05, 0) is 12.8 Å². The van der Waals surface area contributed by atoms with Gasteiger partial charge in [-0.15, -0.1) is 0 Å². The van der Waals surface area contributed by atoms with E-state index in [-0.39, 0.29) is 4.90 Å². The van der Waals surface area contributed by atoms with Crippen molar-refractivity contribution in [3.8, 4) is 0 Å². The lowest BCUT2D eigenvalue weighted by atomic mass is 10.3. The second kappa shape index (κ2) is 4.93. The van der Waals surface area contributed by atoms with Gasteiger partial charge in [0.25, 0.3) is 0 Å². The molecular formula is C8H13BrN2O2S. The molecule has 0 aliphatic rings. The number of aromatic nitrogens is 2. The highest BCUT2D eigenvalue weighted by Crippen LogP contribution is 2.07. The Morgan fingerprint density at radius 1 is 1.50 bits per heavy atom. The van der Waals surface area contributed by atoms with Crippen LogP contribution in [0.15, 0.2) is 17.3 Å². The molecule has 0 amide bonds. The highest BCUT2D eigenvalue weighted by Gasteiger charge is 2.09. The van der Waals surface area contributed by atoms with Gasteiger partial charge in [0.05, 0.1) is 6.20 Å². The molecule has 1 heterocycles. The number of rotatable bonds is 5. The van der Waals surface area contributed by atoms with Crippen molar-refractivity contribution in [2.45, 2.75) is 24.3 Å². The van der Waals surface area contributed by atoms with E-state index in [0.717, 1.165) is 24.7 Å². The molecule has 0 fully saturated rings. The number of halogens is 1. The van der Waals surface area contributed by atoms with Crippen LogP contribution >= 0.6 is 15.9 Å². The van der Waals surface area contributed by atoms with E-state index in [2.05, 4.69) is 21.0 Å². The minimum Gasteiger partial charge on any atom is -0.271 e. The molecule has 1 aromatic rings. The lowest BCUT2D eigenvalue weighted by Crippen LogP contribution is -1.99. The SMILES string of the molecule is CS(=O)(=O)c1cnn(CCCCBr)c1. The van der Waals surface area contributed by atoms with Gasteiger partial charge in [-0.1, -0.05) is 15.9 Å². The maximum Gasteiger partial charge on any atom is 0.178 e. The Labute approximate surface area is 92.4 Å². The Hall–Kier alpha value is -0.360. The molecule has 0 unspecified atom stereocenters. The molecule has 0 saturated heterocycles. The summed E-state index contributed by atoms with van der Waals surface area (Å²) in [5.41, 5.74) is 0. The van der Waals surface area contributed by atoms with Crippen LogP contribution in [0, 0.1) is 0 Å². The van der Waals surface area contributed by atoms with Gasteiger partial charge in [-0.3, -0.25) is 4.68 Å². The lowest BCUT2D eigenvalue weighted by molar-refractivity contribution is 0.572. The van der Waals surface area contributed by atoms with Gasteiger partial charge < -0.3 is 0 Å². The molecule has 80 valence electrons. The molecule has 0 saturated carbocycles. The Morgan fingerprint density at radius 2 is 2.21 bits per heavy atom. The Balaban J connectivity index is 2.60. The van der Waals surface area contributed by atoms with Crippen LogP contribution in [0.5, 0.6) is 0 Å². The van der Waals surface area contributed by atoms with Crippen molar-refractivity contribution in [3.05, 3.63) is 12.4 Å². The fourth-order valence-corrected chi connectivity index (χ4v) is 1.97. The molecule has 0 aliphatic carbocycles. The number of aryl methyl sites for hydroxylation is 1. The van der Waals surface area contributed by atoms with Gasteiger partial charge in [-0.25, -0.2) is 8.42 Å². The van der Waals surface area contributed by atoms with E-state index in [0.29, 0.717) is 0 Å². The number of hydrogen-bond acceptors (Lipinski definition) is 3. The predicted octanol–water partition coefficient (Wildman–Crippen LogP) is 1.46. The summed E-state index contributed by atoms with van der Waals surface area (Å²) in [6, 6.07) is 0. The number of hydrogen-bond donors (Lipinski definition) is 0. The number of unbranched alkanes of at least 4 members (excludes halogenated alkanes) is 1. The maximum absolute atomic E-state index is 11.1. The minimum absolute atomic E-state index is 0.288. The first-order chi connectivity index (χ1) is 6.54. The van der Waals surface area contributed by atoms with E-state index in [4.69, 9.17) is 0 Å². The summed E-state index contributed by atoms with van der Waals surface area (Å²) in [4.78, 5) is 0.288. The van der Waals surface area contributed by atoms with Crippen molar-refractivity contribution < 1.29 is 8.42 Å². The highest BCUT2D eigenvalue weighted by molar-refractivity contribution is 9.09. The molecule has 0 aliphatic heterocycles. The van der Waals surface area contributed by atoms with E-state index in [1.165, 1.54) is 12.5 Å². The third-order valence-electron chi connectivity index (χ3n) is 1.81. The van der Waals surface area contributed by atoms with Crippen LogP contribution in [0.25, 0.3) is 0 Å². The van der Waals surface area contributed by atoms with Crippen LogP contribution in [0.2, 0.25) is 0 Å². The molecule has 0 bridgehead atoms. The van der Waals surface area contributed by atoms with Gasteiger partial charge in [0.15, 0.2) is 9.84 Å². The van der Waals surface area contributed by atoms with E-state index in [1.807, 2.05) is 0 Å². The van der Waals surface area contributed by atoms with Crippen LogP contribution in [-0.2, 0) is 16.4 Å². The highest BCUT2D eigenvalue weighted by atomic mass is 79.9. The first-order valence-electron chi connectivity index (χ1n) is 4.32. The largest absolute Gasteiger partial charge is 0.271 e. The Morgan fingerprint density at radius 3 is 2.71 bits per heavy atom. The Kier molecular flexibility index (Phi) is 4.12. The van der Waals surface area contributed by atoms with Crippen molar-refractivity contribution in [2.24, 2.45) is 0 Å². The zero-order valence-electron chi connectivity index (χ0n) is 7.98. The summed E-state index contributed by atoms with van der Waals surface area (Å²) in [6.45, 7) is 0.765. The van der Waals surface area contributed by atoms with Crippen molar-refractivity contribution in [2.75, 3.05) is 11.6 Å². The molecule has 6 heteroatoms. The van der Waals surface area contributed by atoms with Gasteiger partial charge in [0.1, 0.15) is 4.90 Å². The first-order valence-corrected chi connectivity index (χ1v) is 7.34. The molecule has 0 atom stereocenters. The maximum atomic E-state index is 11.1. The number of nitrogens with zero attached hydrogens (tertiary/aromatic N) is 2. The number of sulfone groups is 1. The molecule has 0 aromatic carbocycles. The third-order valence-corrected chi connectivity index (χ3v) is 3.44. The molecule has 1 rings (SSSR count). The monoisotopic (exact) mass is 280 g/mol. The van der Waals surface area contributed by atoms with Crippen LogP contribution in [0.1, 0.15) is 12.8 Å². The summed E-state index contributed by atoms with van der Waals surface area (Å²) >= 11 is 3.33. The van der Waals surface area contributed by atoms with Gasteiger partial charge in [0.2, 0.25) is 0 Å². The standard InChI is InChI=1S/C8H13BrN2O2S/c1-14(12,13)8-6-10-11(7-8)5-3-2-4-9/h6-7H,2-5H2,1H3. The quantitative estimate of drug-likeness (QED) is 0.606. The second-order valence-electron chi connectivity index (χ2n) is 3.11. The smallest absolute Gasteiger partial charge is 0.178 e. The molecule has 4 nitrogen and oxygen atoms in total. The van der Waals surface area contributed by atoms with E-state index < -0.39 is 9.84 Å². The van der Waals surface area contributed by atoms with Crippen LogP contribution in [0.4, 0.5) is 0 Å². The van der Waals surface area contributed by atoms with Crippen LogP contribution in [0.3, 0.4) is 0 Å². The zero-order valence-corrected chi connectivity index (χ0v) is 10.4. The molecule has 0 N–H and O–H groups in total. The molecular weight excluding hydrogens is 268 g/mol. The summed E-state index contributed by atoms with van der Waals surface area (Å²) in [7, 11) is -3.11. The Bertz CT molecular complexity index is 386. The summed E-state index contributed by atoms with van der Waals surface area (Å²) < 4.78 is 23.9. The summed E-state index contributed by atoms with van der Waals surface area (Å²) in [6.07, 6.45) is 6.21. The fourth-order valence-electron chi connectivity index (χ4n) is 1.03. The summed E-state index contributed by atoms with van der Waals surface area (Å²) in [5, 5.41) is 4.94. The van der Waals surface area contributed by atoms with E-state index in [1.54, 1.807) is 10.9 Å². The van der Waals surface area contributed by atoms with Crippen molar-refractivity contribution in [3.63, 3.8) is 0 Å². The van der Waals surface area contributed by atoms with Crippen molar-refractivity contribution in [1.82, 2.24) is 9.78 Å². The number of alkyl halides is 1. The molecule has 1 aromatic heterocycles. The summed E-state index contributed by atoms with van der Waals surface area (Å²) in [5.74, 6) is 0. The van der Waals surface area contributed by atoms with E-state index in [9.17, 15) is 8.42 Å².